The summed E-state index contributed by atoms with van der Waals surface area (Å²) in [4.78, 5) is 7.11. The Morgan fingerprint density at radius 2 is 1.84 bits per heavy atom. The number of hydrogen-bond acceptors (Lipinski definition) is 2. The maximum atomic E-state index is 12.9. The topological polar surface area (TPSA) is 39.7 Å². The Bertz CT molecular complexity index is 499. The van der Waals surface area contributed by atoms with Crippen molar-refractivity contribution in [1.82, 2.24) is 15.5 Å². The SMILES string of the molecule is CCNC(=NCc1ccc(F)cc1)NCCC1CCN(CC)CC1.I. The van der Waals surface area contributed by atoms with Crippen molar-refractivity contribution in [1.29, 1.82) is 0 Å². The Balaban J connectivity index is 0.00000312. The van der Waals surface area contributed by atoms with Crippen molar-refractivity contribution in [2.75, 3.05) is 32.7 Å². The molecule has 1 aromatic carbocycles. The molecule has 0 aliphatic carbocycles. The van der Waals surface area contributed by atoms with Gasteiger partial charge in [0.2, 0.25) is 0 Å². The number of hydrogen-bond donors (Lipinski definition) is 2. The number of nitrogens with one attached hydrogen (secondary N) is 2. The van der Waals surface area contributed by atoms with Crippen LogP contribution in [0.25, 0.3) is 0 Å². The third kappa shape index (κ3) is 8.35. The van der Waals surface area contributed by atoms with Crippen LogP contribution in [-0.4, -0.2) is 43.6 Å². The van der Waals surface area contributed by atoms with E-state index >= 15 is 0 Å². The molecular formula is C19H32FIN4. The molecule has 1 aliphatic heterocycles. The maximum absolute atomic E-state index is 12.9. The summed E-state index contributed by atoms with van der Waals surface area (Å²) in [5.74, 6) is 1.45. The molecule has 1 heterocycles. The Kier molecular flexibility index (Phi) is 11.0. The quantitative estimate of drug-likeness (QED) is 0.370. The third-order valence-electron chi connectivity index (χ3n) is 4.68. The number of piperidine rings is 1. The lowest BCUT2D eigenvalue weighted by molar-refractivity contribution is 0.187. The summed E-state index contributed by atoms with van der Waals surface area (Å²) in [6.45, 7) is 10.3. The number of likely N-dealkylation sites (tertiary alicyclic amines) is 1. The fraction of sp³-hybridized carbons (Fsp3) is 0.632. The van der Waals surface area contributed by atoms with Crippen LogP contribution < -0.4 is 10.6 Å². The number of rotatable bonds is 7. The van der Waals surface area contributed by atoms with E-state index in [1.807, 2.05) is 0 Å². The van der Waals surface area contributed by atoms with Crippen molar-refractivity contribution in [2.45, 2.75) is 39.7 Å². The number of nitrogens with zero attached hydrogens (tertiary/aromatic N) is 2. The number of halogens is 2. The minimum absolute atomic E-state index is 0. The first-order valence-corrected chi connectivity index (χ1v) is 9.20. The van der Waals surface area contributed by atoms with Crippen molar-refractivity contribution in [2.24, 2.45) is 10.9 Å². The first kappa shape index (κ1) is 22.2. The molecule has 0 unspecified atom stereocenters. The minimum atomic E-state index is -0.207. The standard InChI is InChI=1S/C19H31FN4.HI/c1-3-21-19(23-15-17-5-7-18(20)8-6-17)22-12-9-16-10-13-24(4-2)14-11-16;/h5-8,16H,3-4,9-15H2,1-2H3,(H2,21,22,23);1H. The summed E-state index contributed by atoms with van der Waals surface area (Å²) in [6.07, 6.45) is 3.80. The largest absolute Gasteiger partial charge is 0.357 e. The molecule has 0 spiro atoms. The van der Waals surface area contributed by atoms with Gasteiger partial charge in [-0.2, -0.15) is 0 Å². The van der Waals surface area contributed by atoms with E-state index in [0.29, 0.717) is 6.54 Å². The molecule has 25 heavy (non-hydrogen) atoms. The van der Waals surface area contributed by atoms with Crippen molar-refractivity contribution in [3.63, 3.8) is 0 Å². The molecule has 0 atom stereocenters. The van der Waals surface area contributed by atoms with E-state index in [4.69, 9.17) is 0 Å². The van der Waals surface area contributed by atoms with Gasteiger partial charge in [-0.25, -0.2) is 9.38 Å². The van der Waals surface area contributed by atoms with Gasteiger partial charge in [0.25, 0.3) is 0 Å². The van der Waals surface area contributed by atoms with Gasteiger partial charge >= 0.3 is 0 Å². The molecule has 2 N–H and O–H groups in total. The summed E-state index contributed by atoms with van der Waals surface area (Å²) in [5.41, 5.74) is 1.01. The molecule has 6 heteroatoms. The van der Waals surface area contributed by atoms with Gasteiger partial charge in [0.05, 0.1) is 6.54 Å². The van der Waals surface area contributed by atoms with Crippen LogP contribution in [-0.2, 0) is 6.54 Å². The average Bonchev–Trinajstić information content (AvgIpc) is 2.61. The lowest BCUT2D eigenvalue weighted by Crippen LogP contribution is -2.39. The molecule has 0 aromatic heterocycles. The lowest BCUT2D eigenvalue weighted by atomic mass is 9.93. The molecule has 142 valence electrons. The summed E-state index contributed by atoms with van der Waals surface area (Å²) in [6, 6.07) is 6.52. The number of benzene rings is 1. The van der Waals surface area contributed by atoms with Gasteiger partial charge in [-0.15, -0.1) is 24.0 Å². The number of aliphatic imine (C=N–C) groups is 1. The Morgan fingerprint density at radius 3 is 2.44 bits per heavy atom. The Morgan fingerprint density at radius 1 is 1.16 bits per heavy atom. The van der Waals surface area contributed by atoms with Crippen LogP contribution in [0.2, 0.25) is 0 Å². The molecule has 1 aliphatic rings. The lowest BCUT2D eigenvalue weighted by Gasteiger charge is -2.31. The molecular weight excluding hydrogens is 430 g/mol. The average molecular weight is 462 g/mol. The Labute approximate surface area is 168 Å². The normalized spacial score (nSPS) is 16.4. The fourth-order valence-electron chi connectivity index (χ4n) is 3.09. The van der Waals surface area contributed by atoms with Crippen molar-refractivity contribution in [3.05, 3.63) is 35.6 Å². The van der Waals surface area contributed by atoms with Gasteiger partial charge in [-0.05, 0) is 69.4 Å². The van der Waals surface area contributed by atoms with E-state index in [-0.39, 0.29) is 29.8 Å². The number of guanidine groups is 1. The van der Waals surface area contributed by atoms with Gasteiger partial charge in [-0.1, -0.05) is 19.1 Å². The van der Waals surface area contributed by atoms with E-state index < -0.39 is 0 Å². The molecule has 1 saturated heterocycles. The Hall–Kier alpha value is -0.890. The highest BCUT2D eigenvalue weighted by atomic mass is 127. The van der Waals surface area contributed by atoms with Crippen molar-refractivity contribution >= 4 is 29.9 Å². The van der Waals surface area contributed by atoms with E-state index in [1.165, 1.54) is 51.0 Å². The summed E-state index contributed by atoms with van der Waals surface area (Å²) < 4.78 is 12.9. The first-order chi connectivity index (χ1) is 11.7. The van der Waals surface area contributed by atoms with Crippen molar-refractivity contribution in [3.8, 4) is 0 Å². The smallest absolute Gasteiger partial charge is 0.191 e. The molecule has 0 amide bonds. The molecule has 1 fully saturated rings. The predicted octanol–water partition coefficient (Wildman–Crippen LogP) is 3.62. The van der Waals surface area contributed by atoms with Crippen molar-refractivity contribution < 1.29 is 4.39 Å². The fourth-order valence-corrected chi connectivity index (χ4v) is 3.09. The van der Waals surface area contributed by atoms with Crippen LogP contribution in [0.4, 0.5) is 4.39 Å². The second-order valence-electron chi connectivity index (χ2n) is 6.41. The highest BCUT2D eigenvalue weighted by Gasteiger charge is 2.17. The minimum Gasteiger partial charge on any atom is -0.357 e. The third-order valence-corrected chi connectivity index (χ3v) is 4.68. The maximum Gasteiger partial charge on any atom is 0.191 e. The summed E-state index contributed by atoms with van der Waals surface area (Å²) in [5, 5.41) is 6.70. The van der Waals surface area contributed by atoms with E-state index in [1.54, 1.807) is 12.1 Å². The molecule has 2 rings (SSSR count). The first-order valence-electron chi connectivity index (χ1n) is 9.20. The molecule has 0 bridgehead atoms. The van der Waals surface area contributed by atoms with Crippen LogP contribution in [0.15, 0.2) is 29.3 Å². The molecule has 0 saturated carbocycles. The summed E-state index contributed by atoms with van der Waals surface area (Å²) in [7, 11) is 0. The highest BCUT2D eigenvalue weighted by molar-refractivity contribution is 14.0. The summed E-state index contributed by atoms with van der Waals surface area (Å²) >= 11 is 0. The van der Waals surface area contributed by atoms with Crippen LogP contribution in [0.1, 0.15) is 38.7 Å². The van der Waals surface area contributed by atoms with Gasteiger partial charge in [0, 0.05) is 13.1 Å². The van der Waals surface area contributed by atoms with Crippen LogP contribution in [0, 0.1) is 11.7 Å². The van der Waals surface area contributed by atoms with Gasteiger partial charge in [0.15, 0.2) is 5.96 Å². The molecule has 1 aromatic rings. The molecule has 0 radical (unpaired) electrons. The zero-order valence-corrected chi connectivity index (χ0v) is 17.8. The van der Waals surface area contributed by atoms with Crippen LogP contribution >= 0.6 is 24.0 Å². The monoisotopic (exact) mass is 462 g/mol. The van der Waals surface area contributed by atoms with E-state index in [9.17, 15) is 4.39 Å². The highest BCUT2D eigenvalue weighted by Crippen LogP contribution is 2.19. The predicted molar refractivity (Wildman–Crippen MR) is 114 cm³/mol. The van der Waals surface area contributed by atoms with E-state index in [0.717, 1.165) is 30.5 Å². The second-order valence-corrected chi connectivity index (χ2v) is 6.41. The zero-order valence-electron chi connectivity index (χ0n) is 15.4. The molecule has 4 nitrogen and oxygen atoms in total. The van der Waals surface area contributed by atoms with Gasteiger partial charge < -0.3 is 15.5 Å². The van der Waals surface area contributed by atoms with Gasteiger partial charge in [0.1, 0.15) is 5.82 Å². The zero-order chi connectivity index (χ0) is 17.2. The second kappa shape index (κ2) is 12.5. The van der Waals surface area contributed by atoms with Crippen LogP contribution in [0.5, 0.6) is 0 Å². The van der Waals surface area contributed by atoms with E-state index in [2.05, 4.69) is 34.4 Å². The van der Waals surface area contributed by atoms with Crippen LogP contribution in [0.3, 0.4) is 0 Å². The van der Waals surface area contributed by atoms with Gasteiger partial charge in [-0.3, -0.25) is 0 Å².